The van der Waals surface area contributed by atoms with Crippen molar-refractivity contribution in [3.63, 3.8) is 0 Å². The van der Waals surface area contributed by atoms with E-state index in [0.29, 0.717) is 12.0 Å². The first-order valence-electron chi connectivity index (χ1n) is 9.73. The molecule has 0 bridgehead atoms. The minimum absolute atomic E-state index is 0.0963. The first-order chi connectivity index (χ1) is 13.8. The maximum atomic E-state index is 12.7. The number of carbonyl (C=O) groups excluding carboxylic acids is 1. The zero-order valence-electron chi connectivity index (χ0n) is 17.0. The summed E-state index contributed by atoms with van der Waals surface area (Å²) in [6.07, 6.45) is 5.72. The Kier molecular flexibility index (Phi) is 6.83. The summed E-state index contributed by atoms with van der Waals surface area (Å²) in [5.41, 5.74) is 2.74. The lowest BCUT2D eigenvalue weighted by Crippen LogP contribution is -2.45. The van der Waals surface area contributed by atoms with E-state index in [9.17, 15) is 15.1 Å². The maximum Gasteiger partial charge on any atom is 0.376 e. The SMILES string of the molecule is CB(O)N1CCC(Oc2cc3c(cc2Br)CC(C(=O)/C(C#N)=C/N(C)C)=C3)CC1. The molecule has 152 valence electrons. The molecule has 1 heterocycles. The number of nitriles is 1. The third kappa shape index (κ3) is 5.10. The number of carbonyl (C=O) groups is 1. The summed E-state index contributed by atoms with van der Waals surface area (Å²) in [6.45, 7) is 3.39. The van der Waals surface area contributed by atoms with Crippen LogP contribution in [0.3, 0.4) is 0 Å². The van der Waals surface area contributed by atoms with Crippen LogP contribution in [0.4, 0.5) is 0 Å². The molecule has 0 atom stereocenters. The van der Waals surface area contributed by atoms with E-state index in [4.69, 9.17) is 4.74 Å². The summed E-state index contributed by atoms with van der Waals surface area (Å²) in [7, 11) is 3.15. The number of halogens is 1. The Morgan fingerprint density at radius 3 is 2.69 bits per heavy atom. The van der Waals surface area contributed by atoms with Crippen molar-refractivity contribution < 1.29 is 14.6 Å². The van der Waals surface area contributed by atoms with Crippen LogP contribution < -0.4 is 4.74 Å². The number of hydrogen-bond acceptors (Lipinski definition) is 6. The fourth-order valence-corrected chi connectivity index (χ4v) is 4.18. The summed E-state index contributed by atoms with van der Waals surface area (Å²) in [5.74, 6) is 0.523. The van der Waals surface area contributed by atoms with Gasteiger partial charge in [0.25, 0.3) is 0 Å². The molecule has 1 aromatic rings. The van der Waals surface area contributed by atoms with Crippen molar-refractivity contribution in [2.75, 3.05) is 27.2 Å². The first kappa shape index (κ1) is 21.6. The van der Waals surface area contributed by atoms with Crippen LogP contribution in [0.25, 0.3) is 6.08 Å². The highest BCUT2D eigenvalue weighted by molar-refractivity contribution is 9.10. The van der Waals surface area contributed by atoms with Gasteiger partial charge in [-0.15, -0.1) is 0 Å². The first-order valence-corrected chi connectivity index (χ1v) is 10.5. The Labute approximate surface area is 180 Å². The van der Waals surface area contributed by atoms with Crippen LogP contribution in [0.5, 0.6) is 5.75 Å². The fourth-order valence-electron chi connectivity index (χ4n) is 3.69. The van der Waals surface area contributed by atoms with Crippen molar-refractivity contribution in [1.82, 2.24) is 9.71 Å². The van der Waals surface area contributed by atoms with E-state index >= 15 is 0 Å². The molecular weight excluding hydrogens is 433 g/mol. The topological polar surface area (TPSA) is 76.8 Å². The molecule has 29 heavy (non-hydrogen) atoms. The van der Waals surface area contributed by atoms with Crippen molar-refractivity contribution >= 4 is 34.8 Å². The van der Waals surface area contributed by atoms with Crippen LogP contribution in [-0.2, 0) is 11.2 Å². The molecule has 0 amide bonds. The van der Waals surface area contributed by atoms with Crippen molar-refractivity contribution in [1.29, 1.82) is 5.26 Å². The summed E-state index contributed by atoms with van der Waals surface area (Å²) >= 11 is 3.59. The fraction of sp³-hybridized carbons (Fsp3) is 0.429. The number of allylic oxidation sites excluding steroid dienone is 2. The standard InChI is InChI=1S/C21H25BBrN3O3/c1-22(28)26-6-4-18(5-7-26)29-20-11-15-9-16(8-14(15)10-19(20)23)21(27)17(12-24)13-25(2)3/h9-11,13,18,28H,4-8H2,1-3H3/b17-13+. The van der Waals surface area contributed by atoms with E-state index in [1.807, 2.05) is 29.1 Å². The summed E-state index contributed by atoms with van der Waals surface area (Å²) < 4.78 is 7.08. The Balaban J connectivity index is 1.73. The molecule has 0 spiro atoms. The number of benzene rings is 1. The molecular formula is C21H25BBrN3O3. The van der Waals surface area contributed by atoms with Gasteiger partial charge in [-0.3, -0.25) is 4.79 Å². The largest absolute Gasteiger partial charge is 0.489 e. The van der Waals surface area contributed by atoms with Gasteiger partial charge in [0.2, 0.25) is 5.78 Å². The molecule has 2 aliphatic rings. The molecule has 6 nitrogen and oxygen atoms in total. The number of Topliss-reactive ketones (excluding diaryl/α,β-unsaturated/α-hetero) is 1. The third-order valence-corrected chi connectivity index (χ3v) is 5.87. The van der Waals surface area contributed by atoms with Gasteiger partial charge < -0.3 is 19.5 Å². The lowest BCUT2D eigenvalue weighted by atomic mass is 9.82. The normalized spacial score (nSPS) is 17.4. The quantitative estimate of drug-likeness (QED) is 0.402. The predicted octanol–water partition coefficient (Wildman–Crippen LogP) is 2.88. The van der Waals surface area contributed by atoms with Gasteiger partial charge in [-0.05, 0) is 78.0 Å². The highest BCUT2D eigenvalue weighted by Crippen LogP contribution is 2.36. The van der Waals surface area contributed by atoms with E-state index in [1.54, 1.807) is 32.0 Å². The van der Waals surface area contributed by atoms with E-state index in [-0.39, 0.29) is 17.5 Å². The number of ether oxygens (including phenoxy) is 1. The van der Waals surface area contributed by atoms with Gasteiger partial charge >= 0.3 is 7.05 Å². The van der Waals surface area contributed by atoms with Gasteiger partial charge in [0.05, 0.1) is 4.47 Å². The molecule has 0 saturated carbocycles. The Morgan fingerprint density at radius 2 is 2.10 bits per heavy atom. The summed E-state index contributed by atoms with van der Waals surface area (Å²) in [4.78, 5) is 16.4. The second kappa shape index (κ2) is 9.16. The van der Waals surface area contributed by atoms with Gasteiger partial charge in [0.15, 0.2) is 0 Å². The molecule has 0 aromatic heterocycles. The molecule has 8 heteroatoms. The van der Waals surface area contributed by atoms with Crippen molar-refractivity contribution in [2.24, 2.45) is 0 Å². The lowest BCUT2D eigenvalue weighted by molar-refractivity contribution is -0.111. The van der Waals surface area contributed by atoms with Crippen LogP contribution in [-0.4, -0.2) is 60.9 Å². The molecule has 3 rings (SSSR count). The molecule has 1 aliphatic heterocycles. The van der Waals surface area contributed by atoms with Crippen LogP contribution in [0, 0.1) is 11.3 Å². The second-order valence-electron chi connectivity index (χ2n) is 7.76. The third-order valence-electron chi connectivity index (χ3n) is 5.25. The molecule has 0 unspecified atom stereocenters. The molecule has 1 fully saturated rings. The van der Waals surface area contributed by atoms with Gasteiger partial charge in [0.1, 0.15) is 23.5 Å². The maximum absolute atomic E-state index is 12.7. The van der Waals surface area contributed by atoms with Gasteiger partial charge in [0, 0.05) is 32.3 Å². The van der Waals surface area contributed by atoms with Crippen molar-refractivity contribution in [2.45, 2.75) is 32.2 Å². The van der Waals surface area contributed by atoms with Crippen LogP contribution in [0.1, 0.15) is 24.0 Å². The van der Waals surface area contributed by atoms with Gasteiger partial charge in [-0.25, -0.2) is 0 Å². The summed E-state index contributed by atoms with van der Waals surface area (Å²) in [5, 5.41) is 19.0. The zero-order valence-corrected chi connectivity index (χ0v) is 18.6. The van der Waals surface area contributed by atoms with E-state index in [1.165, 1.54) is 0 Å². The van der Waals surface area contributed by atoms with Crippen LogP contribution in [0.15, 0.2) is 34.0 Å². The highest BCUT2D eigenvalue weighted by atomic mass is 79.9. The van der Waals surface area contributed by atoms with E-state index in [2.05, 4.69) is 15.9 Å². The van der Waals surface area contributed by atoms with Crippen molar-refractivity contribution in [3.8, 4) is 11.8 Å². The average Bonchev–Trinajstić information content (AvgIpc) is 3.08. The van der Waals surface area contributed by atoms with E-state index in [0.717, 1.165) is 47.3 Å². The molecule has 1 aliphatic carbocycles. The lowest BCUT2D eigenvalue weighted by Gasteiger charge is -2.33. The minimum Gasteiger partial charge on any atom is -0.489 e. The Morgan fingerprint density at radius 1 is 1.41 bits per heavy atom. The number of piperidine rings is 1. The van der Waals surface area contributed by atoms with Gasteiger partial charge in [-0.1, -0.05) is 0 Å². The summed E-state index contributed by atoms with van der Waals surface area (Å²) in [6, 6.07) is 5.95. The molecule has 1 saturated heterocycles. The predicted molar refractivity (Wildman–Crippen MR) is 117 cm³/mol. The monoisotopic (exact) mass is 457 g/mol. The van der Waals surface area contributed by atoms with Gasteiger partial charge in [-0.2, -0.15) is 5.26 Å². The molecule has 0 radical (unpaired) electrons. The number of fused-ring (bicyclic) bond motifs is 1. The second-order valence-corrected chi connectivity index (χ2v) is 8.61. The average molecular weight is 458 g/mol. The minimum atomic E-state index is -0.427. The highest BCUT2D eigenvalue weighted by Gasteiger charge is 2.27. The number of ketones is 1. The van der Waals surface area contributed by atoms with Crippen molar-refractivity contribution in [3.05, 3.63) is 45.1 Å². The molecule has 1 aromatic carbocycles. The number of rotatable bonds is 6. The van der Waals surface area contributed by atoms with Crippen LogP contribution in [0.2, 0.25) is 6.82 Å². The molecule has 1 N–H and O–H groups in total. The smallest absolute Gasteiger partial charge is 0.376 e. The Bertz CT molecular complexity index is 897. The number of hydrogen-bond donors (Lipinski definition) is 1. The number of nitrogens with zero attached hydrogens (tertiary/aromatic N) is 3. The van der Waals surface area contributed by atoms with E-state index < -0.39 is 7.05 Å². The van der Waals surface area contributed by atoms with Crippen LogP contribution >= 0.6 is 15.9 Å². The zero-order chi connectivity index (χ0) is 21.1. The Hall–Kier alpha value is -2.08.